The number of β-lactam (4-membered cyclic amide) rings is 1. The van der Waals surface area contributed by atoms with Gasteiger partial charge in [0.2, 0.25) is 5.91 Å². The Bertz CT molecular complexity index is 734. The van der Waals surface area contributed by atoms with Crippen molar-refractivity contribution in [2.75, 3.05) is 0 Å². The summed E-state index contributed by atoms with van der Waals surface area (Å²) in [5.41, 5.74) is 6.35. The number of rotatable bonds is 4. The number of fused-ring (bicyclic) bond motifs is 1. The van der Waals surface area contributed by atoms with Gasteiger partial charge in [0.15, 0.2) is 0 Å². The van der Waals surface area contributed by atoms with Crippen LogP contribution in [0.3, 0.4) is 0 Å². The molecule has 2 amide bonds. The summed E-state index contributed by atoms with van der Waals surface area (Å²) in [6, 6.07) is 6.74. The quantitative estimate of drug-likeness (QED) is 0.693. The van der Waals surface area contributed by atoms with Crippen molar-refractivity contribution >= 4 is 29.4 Å². The number of nitrogens with one attached hydrogen (secondary N) is 1. The van der Waals surface area contributed by atoms with E-state index in [1.807, 2.05) is 6.07 Å². The Morgan fingerprint density at radius 2 is 2.00 bits per heavy atom. The number of benzene rings is 1. The van der Waals surface area contributed by atoms with Gasteiger partial charge in [-0.15, -0.1) is 0 Å². The first kappa shape index (κ1) is 16.5. The molecule has 0 radical (unpaired) electrons. The highest BCUT2D eigenvalue weighted by atomic mass is 35.5. The van der Waals surface area contributed by atoms with Crippen LogP contribution in [0.1, 0.15) is 24.4 Å². The van der Waals surface area contributed by atoms with Crippen molar-refractivity contribution in [3.8, 4) is 0 Å². The molecule has 8 heteroatoms. The predicted octanol–water partition coefficient (Wildman–Crippen LogP) is 0.711. The first-order valence-corrected chi connectivity index (χ1v) is 7.85. The molecule has 0 saturated carbocycles. The highest BCUT2D eigenvalue weighted by Crippen LogP contribution is 2.38. The maximum Gasteiger partial charge on any atom is 0.353 e. The number of halogens is 1. The van der Waals surface area contributed by atoms with Gasteiger partial charge in [0.25, 0.3) is 5.91 Å². The Morgan fingerprint density at radius 1 is 1.33 bits per heavy atom. The average molecular weight is 350 g/mol. The number of nitrogens with zero attached hydrogens (tertiary/aromatic N) is 1. The van der Waals surface area contributed by atoms with Gasteiger partial charge >= 0.3 is 5.97 Å². The maximum absolute atomic E-state index is 12.3. The van der Waals surface area contributed by atoms with E-state index in [-0.39, 0.29) is 10.7 Å². The monoisotopic (exact) mass is 349 g/mol. The third kappa shape index (κ3) is 2.65. The minimum Gasteiger partial charge on any atom is -0.477 e. The van der Waals surface area contributed by atoms with Crippen LogP contribution < -0.4 is 11.1 Å². The van der Waals surface area contributed by atoms with E-state index < -0.39 is 35.9 Å². The molecule has 0 aliphatic carbocycles. The Morgan fingerprint density at radius 3 is 2.62 bits per heavy atom. The third-order valence-corrected chi connectivity index (χ3v) is 4.69. The number of amides is 2. The summed E-state index contributed by atoms with van der Waals surface area (Å²) >= 11 is 5.92. The van der Waals surface area contributed by atoms with E-state index in [0.29, 0.717) is 18.4 Å². The molecule has 2 heterocycles. The fourth-order valence-corrected chi connectivity index (χ4v) is 3.35. The third-order valence-electron chi connectivity index (χ3n) is 4.32. The van der Waals surface area contributed by atoms with Crippen LogP contribution in [0.4, 0.5) is 0 Å². The SMILES string of the molecule is N[C@H](C(=O)N[C@@H]1C(=O)N2C(C(=O)O)=C(Cl)CC[C@@H]12)c1ccccc1. The number of hydrogen-bond donors (Lipinski definition) is 3. The number of carbonyl (C=O) groups excluding carboxylic acids is 2. The lowest BCUT2D eigenvalue weighted by Gasteiger charge is -2.49. The van der Waals surface area contributed by atoms with E-state index in [2.05, 4.69) is 5.32 Å². The molecule has 7 nitrogen and oxygen atoms in total. The number of carboxylic acid groups (broad SMARTS) is 1. The van der Waals surface area contributed by atoms with Crippen molar-refractivity contribution < 1.29 is 19.5 Å². The molecule has 0 bridgehead atoms. The topological polar surface area (TPSA) is 113 Å². The fourth-order valence-electron chi connectivity index (χ4n) is 3.07. The summed E-state index contributed by atoms with van der Waals surface area (Å²) < 4.78 is 0. The predicted molar refractivity (Wildman–Crippen MR) is 85.7 cm³/mol. The molecule has 3 rings (SSSR count). The van der Waals surface area contributed by atoms with Crippen LogP contribution in [0.2, 0.25) is 0 Å². The lowest BCUT2D eigenvalue weighted by molar-refractivity contribution is -0.156. The molecule has 1 saturated heterocycles. The van der Waals surface area contributed by atoms with Crippen molar-refractivity contribution in [3.63, 3.8) is 0 Å². The molecule has 24 heavy (non-hydrogen) atoms. The van der Waals surface area contributed by atoms with E-state index in [1.54, 1.807) is 24.3 Å². The zero-order chi connectivity index (χ0) is 17.4. The second-order valence-electron chi connectivity index (χ2n) is 5.75. The number of nitrogens with two attached hydrogens (primary N) is 1. The Balaban J connectivity index is 1.71. The standard InChI is InChI=1S/C16H16ClN3O4/c17-9-6-7-10-12(15(22)20(10)13(9)16(23)24)19-14(21)11(18)8-4-2-1-3-5-8/h1-5,10-12H,6-7,18H2,(H,19,21)(H,23,24)/t10-,11-,12-/m0/s1. The maximum atomic E-state index is 12.3. The first-order chi connectivity index (χ1) is 11.4. The largest absolute Gasteiger partial charge is 0.477 e. The molecule has 0 spiro atoms. The number of hydrogen-bond acceptors (Lipinski definition) is 4. The lowest BCUT2D eigenvalue weighted by atomic mass is 9.86. The molecule has 2 aliphatic rings. The summed E-state index contributed by atoms with van der Waals surface area (Å²) in [6.45, 7) is 0. The normalized spacial score (nSPS) is 24.1. The van der Waals surface area contributed by atoms with Gasteiger partial charge in [-0.3, -0.25) is 14.5 Å². The van der Waals surface area contributed by atoms with Crippen LogP contribution in [0.25, 0.3) is 0 Å². The van der Waals surface area contributed by atoms with E-state index in [0.717, 1.165) is 4.90 Å². The Kier molecular flexibility index (Phi) is 4.29. The molecule has 0 aromatic heterocycles. The van der Waals surface area contributed by atoms with Crippen LogP contribution in [0.5, 0.6) is 0 Å². The smallest absolute Gasteiger partial charge is 0.353 e. The van der Waals surface area contributed by atoms with E-state index in [4.69, 9.17) is 17.3 Å². The van der Waals surface area contributed by atoms with E-state index in [9.17, 15) is 19.5 Å². The molecule has 0 unspecified atom stereocenters. The molecular formula is C16H16ClN3O4. The summed E-state index contributed by atoms with van der Waals surface area (Å²) in [6.07, 6.45) is 0.849. The molecule has 1 fully saturated rings. The van der Waals surface area contributed by atoms with Gasteiger partial charge in [0, 0.05) is 5.03 Å². The molecule has 4 N–H and O–H groups in total. The lowest BCUT2D eigenvalue weighted by Crippen LogP contribution is -2.72. The summed E-state index contributed by atoms with van der Waals surface area (Å²) in [5.74, 6) is -2.20. The van der Waals surface area contributed by atoms with Crippen molar-refractivity contribution in [2.45, 2.75) is 31.0 Å². The van der Waals surface area contributed by atoms with E-state index >= 15 is 0 Å². The van der Waals surface area contributed by atoms with Crippen LogP contribution in [0, 0.1) is 0 Å². The molecular weight excluding hydrogens is 334 g/mol. The van der Waals surface area contributed by atoms with Gasteiger partial charge in [-0.1, -0.05) is 41.9 Å². The van der Waals surface area contributed by atoms with Crippen LogP contribution in [0.15, 0.2) is 41.1 Å². The minimum atomic E-state index is -1.25. The van der Waals surface area contributed by atoms with Crippen LogP contribution in [-0.2, 0) is 14.4 Å². The number of allylic oxidation sites excluding steroid dienone is 1. The summed E-state index contributed by atoms with van der Waals surface area (Å²) in [4.78, 5) is 37.0. The van der Waals surface area contributed by atoms with Crippen molar-refractivity contribution in [2.24, 2.45) is 5.73 Å². The molecule has 1 aromatic rings. The summed E-state index contributed by atoms with van der Waals surface area (Å²) in [7, 11) is 0. The fraction of sp³-hybridized carbons (Fsp3) is 0.312. The first-order valence-electron chi connectivity index (χ1n) is 7.47. The number of aliphatic carboxylic acids is 1. The second-order valence-corrected chi connectivity index (χ2v) is 6.20. The second kappa shape index (κ2) is 6.26. The van der Waals surface area contributed by atoms with Crippen LogP contribution >= 0.6 is 11.6 Å². The summed E-state index contributed by atoms with van der Waals surface area (Å²) in [5, 5.41) is 12.0. The van der Waals surface area contributed by atoms with Crippen molar-refractivity contribution in [1.29, 1.82) is 0 Å². The van der Waals surface area contributed by atoms with Gasteiger partial charge in [-0.05, 0) is 18.4 Å². The van der Waals surface area contributed by atoms with E-state index in [1.165, 1.54) is 0 Å². The molecule has 3 atom stereocenters. The van der Waals surface area contributed by atoms with Crippen LogP contribution in [-0.4, -0.2) is 39.9 Å². The van der Waals surface area contributed by atoms with Gasteiger partial charge in [-0.2, -0.15) is 0 Å². The Hall–Kier alpha value is -2.38. The molecule has 2 aliphatic heterocycles. The van der Waals surface area contributed by atoms with Gasteiger partial charge in [-0.25, -0.2) is 4.79 Å². The average Bonchev–Trinajstić information content (AvgIpc) is 2.59. The van der Waals surface area contributed by atoms with Crippen molar-refractivity contribution in [3.05, 3.63) is 46.6 Å². The molecule has 126 valence electrons. The van der Waals surface area contributed by atoms with Crippen molar-refractivity contribution in [1.82, 2.24) is 10.2 Å². The zero-order valence-corrected chi connectivity index (χ0v) is 13.4. The molecule has 1 aromatic carbocycles. The number of carboxylic acids is 1. The number of carbonyl (C=O) groups is 3. The van der Waals surface area contributed by atoms with Gasteiger partial charge in [0.05, 0.1) is 6.04 Å². The Labute approximate surface area is 143 Å². The van der Waals surface area contributed by atoms with Gasteiger partial charge in [0.1, 0.15) is 17.8 Å². The highest BCUT2D eigenvalue weighted by Gasteiger charge is 2.53. The minimum absolute atomic E-state index is 0.151. The van der Waals surface area contributed by atoms with Gasteiger partial charge < -0.3 is 16.2 Å². The zero-order valence-electron chi connectivity index (χ0n) is 12.6. The highest BCUT2D eigenvalue weighted by molar-refractivity contribution is 6.32.